The number of benzene rings is 1. The molecule has 0 unspecified atom stereocenters. The van der Waals surface area contributed by atoms with E-state index in [9.17, 15) is 23.9 Å². The van der Waals surface area contributed by atoms with Crippen molar-refractivity contribution in [2.75, 3.05) is 6.54 Å². The normalized spacial score (nSPS) is 13.2. The molecule has 1 amide bonds. The van der Waals surface area contributed by atoms with E-state index in [1.54, 1.807) is 21.7 Å². The fraction of sp³-hybridized carbons (Fsp3) is 0.368. The molecular formula is C19H20FN3O5. The van der Waals surface area contributed by atoms with Gasteiger partial charge < -0.3 is 15.1 Å². The lowest BCUT2D eigenvalue weighted by atomic mass is 10.0. The number of carbonyl (C=O) groups is 3. The Morgan fingerprint density at radius 1 is 1.11 bits per heavy atom. The quantitative estimate of drug-likeness (QED) is 0.748. The van der Waals surface area contributed by atoms with Gasteiger partial charge in [-0.3, -0.25) is 14.3 Å². The number of aromatic nitrogens is 2. The summed E-state index contributed by atoms with van der Waals surface area (Å²) >= 11 is 0. The van der Waals surface area contributed by atoms with Crippen molar-refractivity contribution in [2.24, 2.45) is 0 Å². The van der Waals surface area contributed by atoms with Gasteiger partial charge in [-0.25, -0.2) is 9.18 Å². The van der Waals surface area contributed by atoms with Crippen molar-refractivity contribution in [1.29, 1.82) is 0 Å². The third kappa shape index (κ3) is 4.36. The van der Waals surface area contributed by atoms with Gasteiger partial charge >= 0.3 is 11.9 Å². The Kier molecular flexibility index (Phi) is 5.72. The first-order chi connectivity index (χ1) is 13.3. The maximum absolute atomic E-state index is 13.1. The zero-order valence-electron chi connectivity index (χ0n) is 15.1. The lowest BCUT2D eigenvalue weighted by molar-refractivity contribution is -0.137. The van der Waals surface area contributed by atoms with Crippen LogP contribution in [0.25, 0.3) is 0 Å². The average Bonchev–Trinajstić information content (AvgIpc) is 3.01. The van der Waals surface area contributed by atoms with Crippen LogP contribution in [-0.4, -0.2) is 49.3 Å². The molecule has 2 heterocycles. The fourth-order valence-electron chi connectivity index (χ4n) is 3.32. The van der Waals surface area contributed by atoms with Gasteiger partial charge in [-0.15, -0.1) is 0 Å². The van der Waals surface area contributed by atoms with Crippen LogP contribution in [0.3, 0.4) is 0 Å². The summed E-state index contributed by atoms with van der Waals surface area (Å²) in [4.78, 5) is 36.1. The predicted octanol–water partition coefficient (Wildman–Crippen LogP) is 1.91. The molecule has 28 heavy (non-hydrogen) atoms. The van der Waals surface area contributed by atoms with Gasteiger partial charge in [0.15, 0.2) is 5.69 Å². The number of fused-ring (bicyclic) bond motifs is 1. The Hall–Kier alpha value is -3.23. The standard InChI is InChI=1S/C19H20FN3O5/c20-13-6-4-12(5-7-13)10-23-15-8-9-22(16(24)2-1-3-17(25)26)11-14(15)18(21-23)19(27)28/h4-7H,1-3,8-11H2,(H,25,26)(H,27,28). The zero-order chi connectivity index (χ0) is 20.3. The number of carboxylic acids is 2. The third-order valence-electron chi connectivity index (χ3n) is 4.72. The number of nitrogens with zero attached hydrogens (tertiary/aromatic N) is 3. The second kappa shape index (κ2) is 8.20. The number of aliphatic carboxylic acids is 1. The monoisotopic (exact) mass is 389 g/mol. The van der Waals surface area contributed by atoms with Crippen molar-refractivity contribution in [3.8, 4) is 0 Å². The molecule has 0 aliphatic carbocycles. The Bertz CT molecular complexity index is 907. The van der Waals surface area contributed by atoms with E-state index in [1.807, 2.05) is 0 Å². The summed E-state index contributed by atoms with van der Waals surface area (Å²) in [7, 11) is 0. The van der Waals surface area contributed by atoms with E-state index in [4.69, 9.17) is 5.11 Å². The average molecular weight is 389 g/mol. The molecule has 1 aromatic heterocycles. The highest BCUT2D eigenvalue weighted by atomic mass is 19.1. The van der Waals surface area contributed by atoms with E-state index in [0.717, 1.165) is 11.3 Å². The number of aromatic carboxylic acids is 1. The van der Waals surface area contributed by atoms with Crippen LogP contribution in [0.4, 0.5) is 4.39 Å². The molecule has 0 fully saturated rings. The van der Waals surface area contributed by atoms with Gasteiger partial charge in [0.2, 0.25) is 5.91 Å². The van der Waals surface area contributed by atoms with Crippen molar-refractivity contribution in [3.05, 3.63) is 52.6 Å². The Morgan fingerprint density at radius 2 is 1.82 bits per heavy atom. The SMILES string of the molecule is O=C(O)CCCC(=O)N1CCc2c(c(C(=O)O)nn2Cc2ccc(F)cc2)C1. The number of carbonyl (C=O) groups excluding carboxylic acids is 1. The summed E-state index contributed by atoms with van der Waals surface area (Å²) < 4.78 is 14.7. The highest BCUT2D eigenvalue weighted by molar-refractivity contribution is 5.88. The van der Waals surface area contributed by atoms with Crippen LogP contribution >= 0.6 is 0 Å². The molecule has 1 aromatic carbocycles. The van der Waals surface area contributed by atoms with Gasteiger partial charge in [0.05, 0.1) is 6.54 Å². The second-order valence-electron chi connectivity index (χ2n) is 6.68. The molecule has 0 atom stereocenters. The molecule has 0 radical (unpaired) electrons. The van der Waals surface area contributed by atoms with E-state index in [2.05, 4.69) is 5.10 Å². The molecule has 0 saturated heterocycles. The van der Waals surface area contributed by atoms with Crippen LogP contribution < -0.4 is 0 Å². The fourth-order valence-corrected chi connectivity index (χ4v) is 3.32. The molecule has 3 rings (SSSR count). The lowest BCUT2D eigenvalue weighted by Crippen LogP contribution is -2.36. The molecule has 8 nitrogen and oxygen atoms in total. The van der Waals surface area contributed by atoms with Crippen molar-refractivity contribution < 1.29 is 29.0 Å². The number of hydrogen-bond donors (Lipinski definition) is 2. The minimum absolute atomic E-state index is 0.0825. The summed E-state index contributed by atoms with van der Waals surface area (Å²) in [6, 6.07) is 5.90. The maximum atomic E-state index is 13.1. The van der Waals surface area contributed by atoms with Gasteiger partial charge in [-0.1, -0.05) is 12.1 Å². The third-order valence-corrected chi connectivity index (χ3v) is 4.72. The van der Waals surface area contributed by atoms with Crippen LogP contribution in [0.15, 0.2) is 24.3 Å². The van der Waals surface area contributed by atoms with E-state index in [1.165, 1.54) is 12.1 Å². The lowest BCUT2D eigenvalue weighted by Gasteiger charge is -2.28. The van der Waals surface area contributed by atoms with Crippen LogP contribution in [-0.2, 0) is 29.1 Å². The zero-order valence-corrected chi connectivity index (χ0v) is 15.1. The van der Waals surface area contributed by atoms with Crippen molar-refractivity contribution in [1.82, 2.24) is 14.7 Å². The minimum atomic E-state index is -1.17. The molecule has 2 aromatic rings. The topological polar surface area (TPSA) is 113 Å². The van der Waals surface area contributed by atoms with E-state index in [-0.39, 0.29) is 43.2 Å². The summed E-state index contributed by atoms with van der Waals surface area (Å²) in [5.74, 6) is -2.68. The number of halogens is 1. The maximum Gasteiger partial charge on any atom is 0.356 e. The van der Waals surface area contributed by atoms with Crippen molar-refractivity contribution >= 4 is 17.8 Å². The summed E-state index contributed by atoms with van der Waals surface area (Å²) in [5.41, 5.74) is 1.93. The second-order valence-corrected chi connectivity index (χ2v) is 6.68. The summed E-state index contributed by atoms with van der Waals surface area (Å²) in [5, 5.41) is 22.4. The molecule has 0 spiro atoms. The van der Waals surface area contributed by atoms with Gasteiger partial charge in [0.1, 0.15) is 5.82 Å². The van der Waals surface area contributed by atoms with E-state index < -0.39 is 11.9 Å². The van der Waals surface area contributed by atoms with Crippen LogP contribution in [0.2, 0.25) is 0 Å². The molecule has 0 bridgehead atoms. The van der Waals surface area contributed by atoms with E-state index >= 15 is 0 Å². The molecule has 0 saturated carbocycles. The largest absolute Gasteiger partial charge is 0.481 e. The number of hydrogen-bond acceptors (Lipinski definition) is 4. The number of rotatable bonds is 7. The number of carboxylic acid groups (broad SMARTS) is 2. The van der Waals surface area contributed by atoms with Crippen LogP contribution in [0, 0.1) is 5.82 Å². The molecule has 1 aliphatic heterocycles. The van der Waals surface area contributed by atoms with Crippen molar-refractivity contribution in [2.45, 2.75) is 38.8 Å². The Labute approximate surface area is 160 Å². The smallest absolute Gasteiger partial charge is 0.356 e. The molecule has 148 valence electrons. The first kappa shape index (κ1) is 19.5. The Morgan fingerprint density at radius 3 is 2.46 bits per heavy atom. The minimum Gasteiger partial charge on any atom is -0.481 e. The van der Waals surface area contributed by atoms with Crippen molar-refractivity contribution in [3.63, 3.8) is 0 Å². The number of amides is 1. The summed E-state index contributed by atoms with van der Waals surface area (Å²) in [6.45, 7) is 0.849. The summed E-state index contributed by atoms with van der Waals surface area (Å²) in [6.07, 6.45) is 0.711. The van der Waals surface area contributed by atoms with Crippen LogP contribution in [0.5, 0.6) is 0 Å². The molecule has 2 N–H and O–H groups in total. The first-order valence-corrected chi connectivity index (χ1v) is 8.91. The molecule has 1 aliphatic rings. The highest BCUT2D eigenvalue weighted by Gasteiger charge is 2.29. The first-order valence-electron chi connectivity index (χ1n) is 8.91. The van der Waals surface area contributed by atoms with E-state index in [0.29, 0.717) is 25.1 Å². The van der Waals surface area contributed by atoms with Gasteiger partial charge in [0.25, 0.3) is 0 Å². The van der Waals surface area contributed by atoms with Gasteiger partial charge in [-0.2, -0.15) is 5.10 Å². The highest BCUT2D eigenvalue weighted by Crippen LogP contribution is 2.24. The molecular weight excluding hydrogens is 369 g/mol. The predicted molar refractivity (Wildman–Crippen MR) is 95.3 cm³/mol. The van der Waals surface area contributed by atoms with Gasteiger partial charge in [0, 0.05) is 43.6 Å². The van der Waals surface area contributed by atoms with Crippen LogP contribution in [0.1, 0.15) is 46.6 Å². The molecule has 9 heteroatoms. The Balaban J connectivity index is 1.78. The van der Waals surface area contributed by atoms with Gasteiger partial charge in [-0.05, 0) is 24.1 Å².